The number of ether oxygens (including phenoxy) is 1. The van der Waals surface area contributed by atoms with Crippen LogP contribution in [0.15, 0.2) is 42.5 Å². The first-order valence-electron chi connectivity index (χ1n) is 7.14. The molecule has 6 heteroatoms. The highest BCUT2D eigenvalue weighted by Crippen LogP contribution is 2.21. The molecule has 2 aromatic carbocycles. The Hall–Kier alpha value is -2.27. The van der Waals surface area contributed by atoms with Crippen molar-refractivity contribution in [1.82, 2.24) is 5.32 Å². The molecular weight excluding hydrogens is 319 g/mol. The molecule has 0 aromatic heterocycles. The molecule has 0 saturated heterocycles. The predicted molar refractivity (Wildman–Crippen MR) is 89.7 cm³/mol. The minimum atomic E-state index is -0.648. The smallest absolute Gasteiger partial charge is 0.319 e. The molecule has 4 nitrogen and oxygen atoms in total. The molecule has 0 spiro atoms. The zero-order chi connectivity index (χ0) is 16.8. The Bertz CT molecular complexity index is 694. The number of nitrogens with one attached hydrogen (secondary N) is 2. The molecule has 0 saturated carbocycles. The molecule has 0 aliphatic rings. The lowest BCUT2D eigenvalue weighted by atomic mass is 10.1. The van der Waals surface area contributed by atoms with E-state index in [-0.39, 0.29) is 16.8 Å². The lowest BCUT2D eigenvalue weighted by Gasteiger charge is -2.15. The molecule has 2 rings (SSSR count). The number of carbonyl (C=O) groups is 1. The van der Waals surface area contributed by atoms with E-state index < -0.39 is 11.8 Å². The van der Waals surface area contributed by atoms with Gasteiger partial charge in [0.05, 0.1) is 17.8 Å². The summed E-state index contributed by atoms with van der Waals surface area (Å²) in [5, 5.41) is 5.18. The van der Waals surface area contributed by atoms with Crippen molar-refractivity contribution in [1.29, 1.82) is 0 Å². The van der Waals surface area contributed by atoms with E-state index in [1.807, 2.05) is 31.2 Å². The van der Waals surface area contributed by atoms with E-state index >= 15 is 0 Å². The fraction of sp³-hybridized carbons (Fsp3) is 0.235. The Balaban J connectivity index is 1.93. The van der Waals surface area contributed by atoms with Crippen LogP contribution in [0, 0.1) is 5.82 Å². The predicted octanol–water partition coefficient (Wildman–Crippen LogP) is 4.24. The molecule has 1 unspecified atom stereocenters. The van der Waals surface area contributed by atoms with E-state index in [0.29, 0.717) is 6.42 Å². The standard InChI is InChI=1S/C17H18ClFN2O2/c1-11(9-12-5-3-6-13(10-12)23-2)20-17(22)21-15-8-4-7-14(18)16(15)19/h3-8,10-11H,9H2,1-2H3,(H2,20,21,22). The minimum absolute atomic E-state index is 0.0350. The number of carbonyl (C=O) groups excluding carboxylic acids is 1. The van der Waals surface area contributed by atoms with E-state index in [9.17, 15) is 9.18 Å². The third-order valence-electron chi connectivity index (χ3n) is 3.25. The van der Waals surface area contributed by atoms with Gasteiger partial charge >= 0.3 is 6.03 Å². The van der Waals surface area contributed by atoms with E-state index in [4.69, 9.17) is 16.3 Å². The lowest BCUT2D eigenvalue weighted by molar-refractivity contribution is 0.249. The summed E-state index contributed by atoms with van der Waals surface area (Å²) in [7, 11) is 1.60. The first-order chi connectivity index (χ1) is 11.0. The zero-order valence-corrected chi connectivity index (χ0v) is 13.7. The molecule has 2 amide bonds. The van der Waals surface area contributed by atoms with Crippen molar-refractivity contribution in [2.45, 2.75) is 19.4 Å². The molecule has 23 heavy (non-hydrogen) atoms. The van der Waals surface area contributed by atoms with Gasteiger partial charge in [0.15, 0.2) is 5.82 Å². The van der Waals surface area contributed by atoms with Gasteiger partial charge in [-0.05, 0) is 43.2 Å². The number of benzene rings is 2. The summed E-state index contributed by atoms with van der Waals surface area (Å²) in [4.78, 5) is 11.9. The van der Waals surface area contributed by atoms with Crippen LogP contribution < -0.4 is 15.4 Å². The van der Waals surface area contributed by atoms with Crippen molar-refractivity contribution < 1.29 is 13.9 Å². The fourth-order valence-electron chi connectivity index (χ4n) is 2.19. The molecule has 0 heterocycles. The SMILES string of the molecule is COc1cccc(CC(C)NC(=O)Nc2cccc(Cl)c2F)c1. The minimum Gasteiger partial charge on any atom is -0.497 e. The van der Waals surface area contributed by atoms with E-state index in [2.05, 4.69) is 10.6 Å². The van der Waals surface area contributed by atoms with E-state index in [1.165, 1.54) is 12.1 Å². The second-order valence-corrected chi connectivity index (χ2v) is 5.56. The van der Waals surface area contributed by atoms with Crippen LogP contribution in [0.25, 0.3) is 0 Å². The molecule has 0 aliphatic carbocycles. The maximum absolute atomic E-state index is 13.7. The number of amides is 2. The number of rotatable bonds is 5. The Kier molecular flexibility index (Phi) is 5.82. The summed E-state index contributed by atoms with van der Waals surface area (Å²) in [5.74, 6) is 0.116. The summed E-state index contributed by atoms with van der Waals surface area (Å²) in [5.41, 5.74) is 1.08. The molecule has 2 aromatic rings. The number of urea groups is 1. The zero-order valence-electron chi connectivity index (χ0n) is 12.9. The molecule has 2 N–H and O–H groups in total. The average Bonchev–Trinajstić information content (AvgIpc) is 2.51. The quantitative estimate of drug-likeness (QED) is 0.858. The third kappa shape index (κ3) is 4.86. The normalized spacial score (nSPS) is 11.7. The van der Waals surface area contributed by atoms with Crippen LogP contribution in [0.2, 0.25) is 5.02 Å². The van der Waals surface area contributed by atoms with Gasteiger partial charge in [0.25, 0.3) is 0 Å². The molecule has 0 aliphatic heterocycles. The van der Waals surface area contributed by atoms with Crippen LogP contribution in [0.5, 0.6) is 5.75 Å². The summed E-state index contributed by atoms with van der Waals surface area (Å²) >= 11 is 5.68. The Morgan fingerprint density at radius 2 is 2.04 bits per heavy atom. The van der Waals surface area contributed by atoms with Gasteiger partial charge in [-0.15, -0.1) is 0 Å². The molecular formula is C17H18ClFN2O2. The molecule has 1 atom stereocenters. The maximum Gasteiger partial charge on any atom is 0.319 e. The Morgan fingerprint density at radius 1 is 1.30 bits per heavy atom. The van der Waals surface area contributed by atoms with Crippen molar-refractivity contribution in [2.75, 3.05) is 12.4 Å². The van der Waals surface area contributed by atoms with Crippen molar-refractivity contribution >= 4 is 23.3 Å². The van der Waals surface area contributed by atoms with Crippen LogP contribution in [-0.2, 0) is 6.42 Å². The second-order valence-electron chi connectivity index (χ2n) is 5.16. The number of hydrogen-bond acceptors (Lipinski definition) is 2. The van der Waals surface area contributed by atoms with Crippen molar-refractivity contribution in [3.8, 4) is 5.75 Å². The van der Waals surface area contributed by atoms with Crippen LogP contribution in [0.3, 0.4) is 0 Å². The monoisotopic (exact) mass is 336 g/mol. The first kappa shape index (κ1) is 17.1. The topological polar surface area (TPSA) is 50.4 Å². The summed E-state index contributed by atoms with van der Waals surface area (Å²) in [6.45, 7) is 1.87. The highest BCUT2D eigenvalue weighted by Gasteiger charge is 2.12. The Labute approximate surface area is 139 Å². The highest BCUT2D eigenvalue weighted by molar-refractivity contribution is 6.31. The van der Waals surface area contributed by atoms with Gasteiger partial charge < -0.3 is 15.4 Å². The maximum atomic E-state index is 13.7. The second kappa shape index (κ2) is 7.83. The largest absolute Gasteiger partial charge is 0.497 e. The number of hydrogen-bond donors (Lipinski definition) is 2. The van der Waals surface area contributed by atoms with Gasteiger partial charge in [-0.25, -0.2) is 9.18 Å². The van der Waals surface area contributed by atoms with Crippen LogP contribution in [0.1, 0.15) is 12.5 Å². The summed E-state index contributed by atoms with van der Waals surface area (Å²) in [6, 6.07) is 11.4. The number of methoxy groups -OCH3 is 1. The lowest BCUT2D eigenvalue weighted by Crippen LogP contribution is -2.37. The van der Waals surface area contributed by atoms with Crippen molar-refractivity contribution in [3.63, 3.8) is 0 Å². The van der Waals surface area contributed by atoms with Gasteiger partial charge in [0, 0.05) is 6.04 Å². The third-order valence-corrected chi connectivity index (χ3v) is 3.55. The first-order valence-corrected chi connectivity index (χ1v) is 7.52. The van der Waals surface area contributed by atoms with Gasteiger partial charge in [0.2, 0.25) is 0 Å². The van der Waals surface area contributed by atoms with Crippen molar-refractivity contribution in [3.05, 3.63) is 58.9 Å². The van der Waals surface area contributed by atoms with Gasteiger partial charge in [-0.3, -0.25) is 0 Å². The summed E-state index contributed by atoms with van der Waals surface area (Å²) < 4.78 is 18.9. The van der Waals surface area contributed by atoms with Gasteiger partial charge in [-0.2, -0.15) is 0 Å². The number of anilines is 1. The average molecular weight is 337 g/mol. The van der Waals surface area contributed by atoms with Gasteiger partial charge in [0.1, 0.15) is 5.75 Å². The highest BCUT2D eigenvalue weighted by atomic mass is 35.5. The Morgan fingerprint density at radius 3 is 2.78 bits per heavy atom. The number of halogens is 2. The van der Waals surface area contributed by atoms with E-state index in [0.717, 1.165) is 11.3 Å². The fourth-order valence-corrected chi connectivity index (χ4v) is 2.36. The van der Waals surface area contributed by atoms with Crippen LogP contribution in [0.4, 0.5) is 14.9 Å². The molecule has 0 radical (unpaired) electrons. The molecule has 0 bridgehead atoms. The van der Waals surface area contributed by atoms with Crippen molar-refractivity contribution in [2.24, 2.45) is 0 Å². The van der Waals surface area contributed by atoms with Crippen LogP contribution >= 0.6 is 11.6 Å². The summed E-state index contributed by atoms with van der Waals surface area (Å²) in [6.07, 6.45) is 0.628. The molecule has 0 fully saturated rings. The van der Waals surface area contributed by atoms with Gasteiger partial charge in [-0.1, -0.05) is 29.8 Å². The van der Waals surface area contributed by atoms with E-state index in [1.54, 1.807) is 13.2 Å². The van der Waals surface area contributed by atoms with Crippen LogP contribution in [-0.4, -0.2) is 19.2 Å². The molecule has 122 valence electrons.